The van der Waals surface area contributed by atoms with Gasteiger partial charge >= 0.3 is 0 Å². The lowest BCUT2D eigenvalue weighted by Crippen LogP contribution is -2.30. The van der Waals surface area contributed by atoms with Gasteiger partial charge in [-0.3, -0.25) is 4.79 Å². The van der Waals surface area contributed by atoms with E-state index in [-0.39, 0.29) is 17.7 Å². The second-order valence-electron chi connectivity index (χ2n) is 6.98. The Morgan fingerprint density at radius 2 is 2.04 bits per heavy atom. The summed E-state index contributed by atoms with van der Waals surface area (Å²) in [6, 6.07) is 12.1. The number of aromatic nitrogens is 2. The molecule has 1 aliphatic heterocycles. The Morgan fingerprint density at radius 1 is 1.27 bits per heavy atom. The summed E-state index contributed by atoms with van der Waals surface area (Å²) in [6.45, 7) is 5.56. The zero-order chi connectivity index (χ0) is 18.3. The van der Waals surface area contributed by atoms with Crippen LogP contribution >= 0.6 is 0 Å². The largest absolute Gasteiger partial charge is 0.338 e. The van der Waals surface area contributed by atoms with Gasteiger partial charge in [-0.05, 0) is 37.9 Å². The molecule has 4 rings (SSSR count). The highest BCUT2D eigenvalue weighted by molar-refractivity contribution is 6.06. The minimum absolute atomic E-state index is 0.0105. The van der Waals surface area contributed by atoms with Crippen LogP contribution in [-0.2, 0) is 0 Å². The van der Waals surface area contributed by atoms with Crippen molar-refractivity contribution in [3.8, 4) is 0 Å². The first-order chi connectivity index (χ1) is 12.6. The fourth-order valence-corrected chi connectivity index (χ4v) is 3.91. The monoisotopic (exact) mass is 350 g/mol. The minimum Gasteiger partial charge on any atom is -0.338 e. The number of nitrogens with two attached hydrogens (primary N) is 1. The zero-order valence-corrected chi connectivity index (χ0v) is 15.0. The summed E-state index contributed by atoms with van der Waals surface area (Å²) in [5.74, 6) is 0.499. The Bertz CT molecular complexity index is 951. The molecular formula is C20H22N4O2. The van der Waals surface area contributed by atoms with Gasteiger partial charge in [0.25, 0.3) is 11.6 Å². The van der Waals surface area contributed by atoms with Crippen molar-refractivity contribution in [3.05, 3.63) is 58.9 Å². The van der Waals surface area contributed by atoms with Gasteiger partial charge in [-0.25, -0.2) is 4.98 Å². The number of aryl methyl sites for hydroxylation is 2. The van der Waals surface area contributed by atoms with Gasteiger partial charge in [0.05, 0.1) is 16.6 Å². The van der Waals surface area contributed by atoms with Gasteiger partial charge in [0.15, 0.2) is 0 Å². The zero-order valence-electron chi connectivity index (χ0n) is 15.0. The standard InChI is InChI=1S/C20H22N4O2/c1-12-8-16(18-13(2)23-26-19(18)22-12)20(25)24-10-15(9-21)17(11-24)14-6-4-3-5-7-14/h3-8,15,17H,9-11,21H2,1-2H3/t15-,17+/m1/s1. The van der Waals surface area contributed by atoms with E-state index >= 15 is 0 Å². The molecule has 3 aromatic rings. The number of hydrogen-bond acceptors (Lipinski definition) is 5. The average Bonchev–Trinajstić information content (AvgIpc) is 3.25. The van der Waals surface area contributed by atoms with Gasteiger partial charge in [0, 0.05) is 24.7 Å². The van der Waals surface area contributed by atoms with Crippen LogP contribution < -0.4 is 5.73 Å². The SMILES string of the molecule is Cc1cc(C(=O)N2C[C@@H](CN)[C@H](c3ccccc3)C2)c2c(C)noc2n1. The van der Waals surface area contributed by atoms with Gasteiger partial charge in [0.2, 0.25) is 0 Å². The van der Waals surface area contributed by atoms with Gasteiger partial charge in [-0.1, -0.05) is 35.5 Å². The molecule has 3 heterocycles. The maximum Gasteiger partial charge on any atom is 0.258 e. The third kappa shape index (κ3) is 2.76. The number of pyridine rings is 1. The van der Waals surface area contributed by atoms with E-state index in [2.05, 4.69) is 22.3 Å². The molecule has 1 aromatic carbocycles. The van der Waals surface area contributed by atoms with Crippen LogP contribution in [0.2, 0.25) is 0 Å². The lowest BCUT2D eigenvalue weighted by atomic mass is 9.89. The van der Waals surface area contributed by atoms with Crippen LogP contribution in [0.15, 0.2) is 40.9 Å². The number of amides is 1. The molecule has 6 nitrogen and oxygen atoms in total. The van der Waals surface area contributed by atoms with Crippen LogP contribution in [0.25, 0.3) is 11.1 Å². The highest BCUT2D eigenvalue weighted by atomic mass is 16.5. The normalized spacial score (nSPS) is 20.0. The molecule has 0 radical (unpaired) electrons. The van der Waals surface area contributed by atoms with E-state index in [9.17, 15) is 4.79 Å². The van der Waals surface area contributed by atoms with Gasteiger partial charge in [-0.2, -0.15) is 0 Å². The molecule has 2 atom stereocenters. The predicted octanol–water partition coefficient (Wildman–Crippen LogP) is 2.65. The van der Waals surface area contributed by atoms with Crippen molar-refractivity contribution in [1.82, 2.24) is 15.0 Å². The molecule has 0 spiro atoms. The Kier molecular flexibility index (Phi) is 4.20. The topological polar surface area (TPSA) is 85.2 Å². The summed E-state index contributed by atoms with van der Waals surface area (Å²) in [4.78, 5) is 19.5. The Balaban J connectivity index is 1.68. The number of rotatable bonds is 3. The van der Waals surface area contributed by atoms with E-state index in [4.69, 9.17) is 10.3 Å². The average molecular weight is 350 g/mol. The maximum absolute atomic E-state index is 13.3. The van der Waals surface area contributed by atoms with E-state index in [0.29, 0.717) is 42.0 Å². The van der Waals surface area contributed by atoms with Crippen molar-refractivity contribution < 1.29 is 9.32 Å². The number of fused-ring (bicyclic) bond motifs is 1. The lowest BCUT2D eigenvalue weighted by Gasteiger charge is -2.17. The van der Waals surface area contributed by atoms with E-state index in [1.165, 1.54) is 5.56 Å². The predicted molar refractivity (Wildman–Crippen MR) is 98.9 cm³/mol. The molecular weight excluding hydrogens is 328 g/mol. The molecule has 0 bridgehead atoms. The molecule has 0 unspecified atom stereocenters. The third-order valence-corrected chi connectivity index (χ3v) is 5.23. The lowest BCUT2D eigenvalue weighted by molar-refractivity contribution is 0.0788. The summed E-state index contributed by atoms with van der Waals surface area (Å²) in [5, 5.41) is 4.67. The van der Waals surface area contributed by atoms with Gasteiger partial charge in [0.1, 0.15) is 0 Å². The molecule has 26 heavy (non-hydrogen) atoms. The first kappa shape index (κ1) is 16.7. The van der Waals surface area contributed by atoms with E-state index in [1.807, 2.05) is 43.0 Å². The van der Waals surface area contributed by atoms with Crippen molar-refractivity contribution in [2.75, 3.05) is 19.6 Å². The second-order valence-corrected chi connectivity index (χ2v) is 6.98. The first-order valence-electron chi connectivity index (χ1n) is 8.86. The van der Waals surface area contributed by atoms with Crippen LogP contribution in [0.5, 0.6) is 0 Å². The molecule has 1 fully saturated rings. The molecule has 134 valence electrons. The van der Waals surface area contributed by atoms with Crippen molar-refractivity contribution in [1.29, 1.82) is 0 Å². The molecule has 0 saturated carbocycles. The van der Waals surface area contributed by atoms with Gasteiger partial charge in [-0.15, -0.1) is 0 Å². The molecule has 6 heteroatoms. The van der Waals surface area contributed by atoms with Crippen LogP contribution in [0.4, 0.5) is 0 Å². The molecule has 1 amide bonds. The number of benzene rings is 1. The van der Waals surface area contributed by atoms with Crippen molar-refractivity contribution in [2.24, 2.45) is 11.7 Å². The molecule has 1 saturated heterocycles. The minimum atomic E-state index is -0.0105. The number of hydrogen-bond donors (Lipinski definition) is 1. The van der Waals surface area contributed by atoms with E-state index in [1.54, 1.807) is 0 Å². The third-order valence-electron chi connectivity index (χ3n) is 5.23. The fraction of sp³-hybridized carbons (Fsp3) is 0.350. The number of carbonyl (C=O) groups excluding carboxylic acids is 1. The van der Waals surface area contributed by atoms with Crippen LogP contribution in [-0.4, -0.2) is 40.6 Å². The highest BCUT2D eigenvalue weighted by Crippen LogP contribution is 2.34. The summed E-state index contributed by atoms with van der Waals surface area (Å²) in [7, 11) is 0. The van der Waals surface area contributed by atoms with Crippen LogP contribution in [0.1, 0.15) is 33.2 Å². The number of nitrogens with zero attached hydrogens (tertiary/aromatic N) is 3. The van der Waals surface area contributed by atoms with Crippen LogP contribution in [0.3, 0.4) is 0 Å². The highest BCUT2D eigenvalue weighted by Gasteiger charge is 2.36. The van der Waals surface area contributed by atoms with Crippen molar-refractivity contribution in [2.45, 2.75) is 19.8 Å². The summed E-state index contributed by atoms with van der Waals surface area (Å²) in [6.07, 6.45) is 0. The molecule has 2 N–H and O–H groups in total. The van der Waals surface area contributed by atoms with Crippen molar-refractivity contribution in [3.63, 3.8) is 0 Å². The molecule has 0 aliphatic carbocycles. The Morgan fingerprint density at radius 3 is 2.77 bits per heavy atom. The van der Waals surface area contributed by atoms with E-state index in [0.717, 1.165) is 5.69 Å². The Labute approximate surface area is 152 Å². The Hall–Kier alpha value is -2.73. The van der Waals surface area contributed by atoms with Crippen molar-refractivity contribution >= 4 is 17.0 Å². The number of carbonyl (C=O) groups is 1. The summed E-state index contributed by atoms with van der Waals surface area (Å²) < 4.78 is 5.26. The number of likely N-dealkylation sites (tertiary alicyclic amines) is 1. The smallest absolute Gasteiger partial charge is 0.258 e. The fourth-order valence-electron chi connectivity index (χ4n) is 3.91. The molecule has 1 aliphatic rings. The van der Waals surface area contributed by atoms with E-state index < -0.39 is 0 Å². The van der Waals surface area contributed by atoms with Gasteiger partial charge < -0.3 is 15.2 Å². The quantitative estimate of drug-likeness (QED) is 0.785. The van der Waals surface area contributed by atoms with Crippen LogP contribution in [0, 0.1) is 19.8 Å². The molecule has 2 aromatic heterocycles. The summed E-state index contributed by atoms with van der Waals surface area (Å²) >= 11 is 0. The second kappa shape index (κ2) is 6.53. The maximum atomic E-state index is 13.3. The summed E-state index contributed by atoms with van der Waals surface area (Å²) in [5.41, 5.74) is 9.69. The first-order valence-corrected chi connectivity index (χ1v) is 8.86.